The number of benzene rings is 2. The Kier molecular flexibility index (Phi) is 3.38. The largest absolute Gasteiger partial charge is 0.362 e. The molecule has 0 saturated carbocycles. The standard InChI is InChI=1S/C18H17NO/c1-14(20)17-11-5-9-16-10-6-12-19(18(16)17)13-15-7-3-2-4-8-15/h2-11H,12-13H2,1H3. The highest BCUT2D eigenvalue weighted by molar-refractivity contribution is 6.02. The molecule has 0 radical (unpaired) electrons. The molecular weight excluding hydrogens is 246 g/mol. The molecule has 0 bridgehead atoms. The van der Waals surface area contributed by atoms with Crippen LogP contribution in [0.1, 0.15) is 28.4 Å². The monoisotopic (exact) mass is 263 g/mol. The summed E-state index contributed by atoms with van der Waals surface area (Å²) in [5, 5.41) is 0. The van der Waals surface area contributed by atoms with Crippen molar-refractivity contribution in [1.82, 2.24) is 0 Å². The Labute approximate surface area is 119 Å². The predicted octanol–water partition coefficient (Wildman–Crippen LogP) is 3.92. The predicted molar refractivity (Wildman–Crippen MR) is 83.0 cm³/mol. The van der Waals surface area contributed by atoms with E-state index in [-0.39, 0.29) is 5.78 Å². The highest BCUT2D eigenvalue weighted by Gasteiger charge is 2.19. The zero-order chi connectivity index (χ0) is 13.9. The molecule has 3 rings (SSSR count). The third kappa shape index (κ3) is 2.37. The Morgan fingerprint density at radius 2 is 1.90 bits per heavy atom. The summed E-state index contributed by atoms with van der Waals surface area (Å²) in [4.78, 5) is 14.1. The zero-order valence-corrected chi connectivity index (χ0v) is 11.5. The molecule has 0 aliphatic carbocycles. The fourth-order valence-corrected chi connectivity index (χ4v) is 2.68. The third-order valence-corrected chi connectivity index (χ3v) is 3.60. The minimum absolute atomic E-state index is 0.121. The molecule has 0 atom stereocenters. The fraction of sp³-hybridized carbons (Fsp3) is 0.167. The molecule has 0 spiro atoms. The Balaban J connectivity index is 2.01. The van der Waals surface area contributed by atoms with Gasteiger partial charge in [-0.2, -0.15) is 0 Å². The fourth-order valence-electron chi connectivity index (χ4n) is 2.68. The number of carbonyl (C=O) groups is 1. The lowest BCUT2D eigenvalue weighted by molar-refractivity contribution is 0.101. The first-order valence-corrected chi connectivity index (χ1v) is 6.85. The van der Waals surface area contributed by atoms with Crippen molar-refractivity contribution in [2.75, 3.05) is 11.4 Å². The van der Waals surface area contributed by atoms with Gasteiger partial charge in [-0.25, -0.2) is 0 Å². The number of fused-ring (bicyclic) bond motifs is 1. The van der Waals surface area contributed by atoms with Crippen molar-refractivity contribution in [2.45, 2.75) is 13.5 Å². The van der Waals surface area contributed by atoms with Crippen molar-refractivity contribution in [2.24, 2.45) is 0 Å². The maximum absolute atomic E-state index is 11.9. The van der Waals surface area contributed by atoms with Crippen molar-refractivity contribution in [3.63, 3.8) is 0 Å². The van der Waals surface area contributed by atoms with Crippen LogP contribution < -0.4 is 4.90 Å². The quantitative estimate of drug-likeness (QED) is 0.782. The maximum atomic E-state index is 11.9. The van der Waals surface area contributed by atoms with E-state index < -0.39 is 0 Å². The lowest BCUT2D eigenvalue weighted by atomic mass is 9.99. The summed E-state index contributed by atoms with van der Waals surface area (Å²) in [6.07, 6.45) is 4.25. The molecule has 20 heavy (non-hydrogen) atoms. The lowest BCUT2D eigenvalue weighted by Gasteiger charge is -2.30. The van der Waals surface area contributed by atoms with E-state index in [9.17, 15) is 4.79 Å². The second-order valence-corrected chi connectivity index (χ2v) is 5.07. The second kappa shape index (κ2) is 5.33. The Hall–Kier alpha value is -2.35. The number of anilines is 1. The van der Waals surface area contributed by atoms with Crippen molar-refractivity contribution < 1.29 is 4.79 Å². The minimum Gasteiger partial charge on any atom is -0.362 e. The number of Topliss-reactive ketones (excluding diaryl/α,β-unsaturated/α-hetero) is 1. The average Bonchev–Trinajstić information content (AvgIpc) is 2.48. The summed E-state index contributed by atoms with van der Waals surface area (Å²) in [5.74, 6) is 0.121. The first kappa shape index (κ1) is 12.7. The SMILES string of the molecule is CC(=O)c1cccc2c1N(Cc1ccccc1)CC=C2. The molecule has 0 amide bonds. The zero-order valence-electron chi connectivity index (χ0n) is 11.5. The van der Waals surface area contributed by atoms with Gasteiger partial charge in [0.2, 0.25) is 0 Å². The molecule has 1 aliphatic heterocycles. The van der Waals surface area contributed by atoms with Crippen molar-refractivity contribution in [1.29, 1.82) is 0 Å². The average molecular weight is 263 g/mol. The van der Waals surface area contributed by atoms with E-state index in [1.807, 2.05) is 30.3 Å². The van der Waals surface area contributed by atoms with Crippen molar-refractivity contribution in [3.8, 4) is 0 Å². The van der Waals surface area contributed by atoms with Gasteiger partial charge in [-0.1, -0.05) is 54.6 Å². The van der Waals surface area contributed by atoms with Gasteiger partial charge < -0.3 is 4.90 Å². The van der Waals surface area contributed by atoms with E-state index in [1.165, 1.54) is 5.56 Å². The molecule has 2 nitrogen and oxygen atoms in total. The van der Waals surface area contributed by atoms with Gasteiger partial charge in [-0.15, -0.1) is 0 Å². The lowest BCUT2D eigenvalue weighted by Crippen LogP contribution is -2.27. The van der Waals surface area contributed by atoms with Gasteiger partial charge in [0.15, 0.2) is 5.78 Å². The number of hydrogen-bond donors (Lipinski definition) is 0. The molecule has 1 aliphatic rings. The highest BCUT2D eigenvalue weighted by Crippen LogP contribution is 2.31. The molecule has 2 heteroatoms. The van der Waals surface area contributed by atoms with Gasteiger partial charge in [0.25, 0.3) is 0 Å². The Morgan fingerprint density at radius 3 is 2.65 bits per heavy atom. The van der Waals surface area contributed by atoms with Crippen LogP contribution in [0.2, 0.25) is 0 Å². The molecule has 0 fully saturated rings. The number of para-hydroxylation sites is 1. The number of carbonyl (C=O) groups excluding carboxylic acids is 1. The van der Waals surface area contributed by atoms with E-state index >= 15 is 0 Å². The van der Waals surface area contributed by atoms with Gasteiger partial charge in [0.05, 0.1) is 5.69 Å². The molecular formula is C18H17NO. The molecule has 0 aromatic heterocycles. The normalized spacial score (nSPS) is 13.2. The summed E-state index contributed by atoms with van der Waals surface area (Å²) in [5.41, 5.74) is 4.25. The van der Waals surface area contributed by atoms with Gasteiger partial charge in [-0.3, -0.25) is 4.79 Å². The van der Waals surface area contributed by atoms with Crippen LogP contribution in [-0.2, 0) is 6.54 Å². The summed E-state index contributed by atoms with van der Waals surface area (Å²) in [6, 6.07) is 16.3. The van der Waals surface area contributed by atoms with Gasteiger partial charge >= 0.3 is 0 Å². The van der Waals surface area contributed by atoms with Crippen LogP contribution in [0.4, 0.5) is 5.69 Å². The van der Waals surface area contributed by atoms with Crippen LogP contribution in [0, 0.1) is 0 Å². The molecule has 2 aromatic rings. The summed E-state index contributed by atoms with van der Waals surface area (Å²) in [7, 11) is 0. The number of rotatable bonds is 3. The van der Waals surface area contributed by atoms with Crippen molar-refractivity contribution >= 4 is 17.5 Å². The van der Waals surface area contributed by atoms with E-state index in [0.717, 1.165) is 29.9 Å². The second-order valence-electron chi connectivity index (χ2n) is 5.07. The number of nitrogens with zero attached hydrogens (tertiary/aromatic N) is 1. The number of ketones is 1. The Bertz CT molecular complexity index is 658. The van der Waals surface area contributed by atoms with E-state index in [0.29, 0.717) is 0 Å². The van der Waals surface area contributed by atoms with Gasteiger partial charge in [-0.05, 0) is 24.1 Å². The molecule has 2 aromatic carbocycles. The van der Waals surface area contributed by atoms with Gasteiger partial charge in [0, 0.05) is 18.7 Å². The molecule has 0 saturated heterocycles. The van der Waals surface area contributed by atoms with Crippen LogP contribution in [-0.4, -0.2) is 12.3 Å². The summed E-state index contributed by atoms with van der Waals surface area (Å²) in [6.45, 7) is 3.29. The third-order valence-electron chi connectivity index (χ3n) is 3.60. The van der Waals surface area contributed by atoms with E-state index in [4.69, 9.17) is 0 Å². The molecule has 0 unspecified atom stereocenters. The molecule has 100 valence electrons. The van der Waals surface area contributed by atoms with E-state index in [2.05, 4.69) is 35.3 Å². The molecule has 1 heterocycles. The van der Waals surface area contributed by atoms with Crippen LogP contribution in [0.25, 0.3) is 6.08 Å². The van der Waals surface area contributed by atoms with E-state index in [1.54, 1.807) is 6.92 Å². The summed E-state index contributed by atoms with van der Waals surface area (Å²) >= 11 is 0. The van der Waals surface area contributed by atoms with Crippen molar-refractivity contribution in [3.05, 3.63) is 71.3 Å². The smallest absolute Gasteiger partial charge is 0.161 e. The van der Waals surface area contributed by atoms with Crippen LogP contribution in [0.15, 0.2) is 54.6 Å². The minimum atomic E-state index is 0.121. The Morgan fingerprint density at radius 1 is 1.10 bits per heavy atom. The number of hydrogen-bond acceptors (Lipinski definition) is 2. The highest BCUT2D eigenvalue weighted by atomic mass is 16.1. The molecule has 0 N–H and O–H groups in total. The maximum Gasteiger partial charge on any atom is 0.161 e. The van der Waals surface area contributed by atoms with Crippen LogP contribution in [0.3, 0.4) is 0 Å². The first-order valence-electron chi connectivity index (χ1n) is 6.85. The first-order chi connectivity index (χ1) is 9.75. The van der Waals surface area contributed by atoms with Crippen LogP contribution in [0.5, 0.6) is 0 Å². The van der Waals surface area contributed by atoms with Gasteiger partial charge in [0.1, 0.15) is 0 Å². The topological polar surface area (TPSA) is 20.3 Å². The van der Waals surface area contributed by atoms with Crippen LogP contribution >= 0.6 is 0 Å². The summed E-state index contributed by atoms with van der Waals surface area (Å²) < 4.78 is 0.